The number of rotatable bonds is 6. The largest absolute Gasteiger partial charge is 0.416 e. The molecule has 0 unspecified atom stereocenters. The molecule has 0 fully saturated rings. The highest BCUT2D eigenvalue weighted by atomic mass is 19.4. The van der Waals surface area contributed by atoms with E-state index in [1.165, 1.54) is 6.07 Å². The van der Waals surface area contributed by atoms with E-state index >= 15 is 0 Å². The van der Waals surface area contributed by atoms with Gasteiger partial charge >= 0.3 is 6.18 Å². The van der Waals surface area contributed by atoms with Crippen molar-refractivity contribution >= 4 is 0 Å². The van der Waals surface area contributed by atoms with Crippen molar-refractivity contribution in [3.8, 4) is 0 Å². The monoisotopic (exact) mass is 247 g/mol. The Morgan fingerprint density at radius 1 is 1.29 bits per heavy atom. The Bertz CT molecular complexity index is 339. The first-order chi connectivity index (χ1) is 8.04. The number of nitrogens with one attached hydrogen (secondary N) is 1. The molecule has 0 aliphatic rings. The van der Waals surface area contributed by atoms with Gasteiger partial charge in [-0.1, -0.05) is 19.1 Å². The molecule has 0 bridgehead atoms. The molecule has 0 amide bonds. The zero-order chi connectivity index (χ0) is 12.7. The Hall–Kier alpha value is -1.07. The molecule has 0 spiro atoms. The van der Waals surface area contributed by atoms with Crippen LogP contribution < -0.4 is 5.32 Å². The molecular formula is C12H16F3NO. The van der Waals surface area contributed by atoms with E-state index in [-0.39, 0.29) is 6.61 Å². The zero-order valence-corrected chi connectivity index (χ0v) is 9.68. The van der Waals surface area contributed by atoms with Crippen molar-refractivity contribution in [3.63, 3.8) is 0 Å². The molecule has 1 aromatic carbocycles. The topological polar surface area (TPSA) is 21.3 Å². The number of alkyl halides is 3. The number of benzene rings is 1. The molecule has 0 aliphatic heterocycles. The van der Waals surface area contributed by atoms with Crippen LogP contribution in [0.3, 0.4) is 0 Å². The van der Waals surface area contributed by atoms with Crippen LogP contribution in [-0.4, -0.2) is 19.7 Å². The van der Waals surface area contributed by atoms with Crippen molar-refractivity contribution < 1.29 is 17.9 Å². The Balaban J connectivity index is 2.44. The van der Waals surface area contributed by atoms with Crippen LogP contribution in [0.2, 0.25) is 0 Å². The highest BCUT2D eigenvalue weighted by Gasteiger charge is 2.30. The lowest BCUT2D eigenvalue weighted by Gasteiger charge is -2.09. The van der Waals surface area contributed by atoms with Crippen LogP contribution in [0.15, 0.2) is 24.3 Å². The van der Waals surface area contributed by atoms with Gasteiger partial charge < -0.3 is 10.1 Å². The molecule has 0 saturated heterocycles. The maximum Gasteiger partial charge on any atom is 0.416 e. The fourth-order valence-electron chi connectivity index (χ4n) is 1.35. The molecule has 0 heterocycles. The summed E-state index contributed by atoms with van der Waals surface area (Å²) in [6.45, 7) is 4.23. The average Bonchev–Trinajstić information content (AvgIpc) is 2.28. The molecule has 0 aliphatic carbocycles. The van der Waals surface area contributed by atoms with E-state index in [1.54, 1.807) is 6.07 Å². The van der Waals surface area contributed by atoms with Crippen LogP contribution >= 0.6 is 0 Å². The normalized spacial score (nSPS) is 11.8. The third-order valence-corrected chi connectivity index (χ3v) is 2.20. The highest BCUT2D eigenvalue weighted by Crippen LogP contribution is 2.29. The van der Waals surface area contributed by atoms with E-state index in [0.717, 1.165) is 18.7 Å². The molecular weight excluding hydrogens is 231 g/mol. The second kappa shape index (κ2) is 6.61. The summed E-state index contributed by atoms with van der Waals surface area (Å²) in [4.78, 5) is 0. The van der Waals surface area contributed by atoms with Crippen LogP contribution in [0.25, 0.3) is 0 Å². The van der Waals surface area contributed by atoms with Gasteiger partial charge in [-0.3, -0.25) is 0 Å². The summed E-state index contributed by atoms with van der Waals surface area (Å²) in [7, 11) is 0. The van der Waals surface area contributed by atoms with Crippen molar-refractivity contribution in [1.29, 1.82) is 0 Å². The molecule has 96 valence electrons. The maximum atomic E-state index is 12.4. The molecule has 0 saturated carbocycles. The van der Waals surface area contributed by atoms with Crippen molar-refractivity contribution in [2.75, 3.05) is 19.7 Å². The number of ether oxygens (including phenoxy) is 1. The van der Waals surface area contributed by atoms with Gasteiger partial charge in [0, 0.05) is 6.54 Å². The Morgan fingerprint density at radius 3 is 2.71 bits per heavy atom. The minimum absolute atomic E-state index is 0.204. The second-order valence-corrected chi connectivity index (χ2v) is 3.60. The van der Waals surface area contributed by atoms with Crippen molar-refractivity contribution in [2.24, 2.45) is 0 Å². The first-order valence-electron chi connectivity index (χ1n) is 5.48. The molecule has 1 rings (SSSR count). The van der Waals surface area contributed by atoms with E-state index in [9.17, 15) is 13.2 Å². The lowest BCUT2D eigenvalue weighted by atomic mass is 10.1. The van der Waals surface area contributed by atoms with Crippen molar-refractivity contribution in [3.05, 3.63) is 35.4 Å². The Labute approximate surface area is 98.8 Å². The summed E-state index contributed by atoms with van der Waals surface area (Å²) >= 11 is 0. The first-order valence-corrected chi connectivity index (χ1v) is 5.48. The average molecular weight is 247 g/mol. The van der Waals surface area contributed by atoms with Gasteiger partial charge in [0.2, 0.25) is 0 Å². The van der Waals surface area contributed by atoms with Crippen molar-refractivity contribution in [1.82, 2.24) is 5.32 Å². The number of halogens is 3. The third-order valence-electron chi connectivity index (χ3n) is 2.20. The highest BCUT2D eigenvalue weighted by molar-refractivity contribution is 5.25. The predicted octanol–water partition coefficient (Wildman–Crippen LogP) is 2.83. The van der Waals surface area contributed by atoms with E-state index in [1.807, 2.05) is 6.92 Å². The van der Waals surface area contributed by atoms with Crippen molar-refractivity contribution in [2.45, 2.75) is 19.7 Å². The smallest absolute Gasteiger partial charge is 0.375 e. The number of hydrogen-bond donors (Lipinski definition) is 1. The Kier molecular flexibility index (Phi) is 5.44. The summed E-state index contributed by atoms with van der Waals surface area (Å²) in [5.41, 5.74) is -0.0957. The second-order valence-electron chi connectivity index (χ2n) is 3.60. The number of likely N-dealkylation sites (N-methyl/N-ethyl adjacent to an activating group) is 1. The molecule has 17 heavy (non-hydrogen) atoms. The summed E-state index contributed by atoms with van der Waals surface area (Å²) in [5, 5.41) is 3.07. The van der Waals surface area contributed by atoms with Crippen LogP contribution in [0, 0.1) is 0 Å². The van der Waals surface area contributed by atoms with Gasteiger partial charge in [0.05, 0.1) is 18.8 Å². The fourth-order valence-corrected chi connectivity index (χ4v) is 1.35. The van der Waals surface area contributed by atoms with Crippen LogP contribution in [0.5, 0.6) is 0 Å². The molecule has 5 heteroatoms. The standard InChI is InChI=1S/C12H16F3NO/c1-2-16-6-7-17-9-10-4-3-5-11(8-10)12(13,14)15/h3-5,8,16H,2,6-7,9H2,1H3. The van der Waals surface area contributed by atoms with E-state index < -0.39 is 11.7 Å². The summed E-state index contributed by atoms with van der Waals surface area (Å²) in [5.74, 6) is 0. The van der Waals surface area contributed by atoms with Gasteiger partial charge in [-0.25, -0.2) is 0 Å². The minimum Gasteiger partial charge on any atom is -0.375 e. The molecule has 0 aromatic heterocycles. The SMILES string of the molecule is CCNCCOCc1cccc(C(F)(F)F)c1. The third kappa shape index (κ3) is 5.19. The summed E-state index contributed by atoms with van der Waals surface area (Å²) < 4.78 is 42.5. The van der Waals surface area contributed by atoms with Crippen LogP contribution in [-0.2, 0) is 17.5 Å². The summed E-state index contributed by atoms with van der Waals surface area (Å²) in [6.07, 6.45) is -4.29. The lowest BCUT2D eigenvalue weighted by Crippen LogP contribution is -2.18. The van der Waals surface area contributed by atoms with Gasteiger partial charge in [-0.15, -0.1) is 0 Å². The van der Waals surface area contributed by atoms with Crippen LogP contribution in [0.4, 0.5) is 13.2 Å². The van der Waals surface area contributed by atoms with Gasteiger partial charge in [0.25, 0.3) is 0 Å². The van der Waals surface area contributed by atoms with E-state index in [4.69, 9.17) is 4.74 Å². The van der Waals surface area contributed by atoms with Gasteiger partial charge in [-0.05, 0) is 24.2 Å². The zero-order valence-electron chi connectivity index (χ0n) is 9.68. The quantitative estimate of drug-likeness (QED) is 0.780. The Morgan fingerprint density at radius 2 is 2.06 bits per heavy atom. The van der Waals surface area contributed by atoms with E-state index in [2.05, 4.69) is 5.32 Å². The fraction of sp³-hybridized carbons (Fsp3) is 0.500. The molecule has 1 aromatic rings. The molecule has 2 nitrogen and oxygen atoms in total. The number of hydrogen-bond acceptors (Lipinski definition) is 2. The van der Waals surface area contributed by atoms with Crippen LogP contribution in [0.1, 0.15) is 18.1 Å². The maximum absolute atomic E-state index is 12.4. The van der Waals surface area contributed by atoms with Gasteiger partial charge in [0.1, 0.15) is 0 Å². The predicted molar refractivity (Wildman–Crippen MR) is 59.6 cm³/mol. The molecule has 0 radical (unpaired) electrons. The molecule has 1 N–H and O–H groups in total. The van der Waals surface area contributed by atoms with Gasteiger partial charge in [0.15, 0.2) is 0 Å². The lowest BCUT2D eigenvalue weighted by molar-refractivity contribution is -0.137. The minimum atomic E-state index is -4.29. The first kappa shape index (κ1) is 14.0. The summed E-state index contributed by atoms with van der Waals surface area (Å²) in [6, 6.07) is 5.20. The molecule has 0 atom stereocenters. The van der Waals surface area contributed by atoms with Gasteiger partial charge in [-0.2, -0.15) is 13.2 Å². The van der Waals surface area contributed by atoms with E-state index in [0.29, 0.717) is 18.7 Å².